The number of para-hydroxylation sites is 1. The lowest BCUT2D eigenvalue weighted by Crippen LogP contribution is -2.54. The number of aromatic nitrogens is 2. The number of piperidine rings is 1. The zero-order valence-electron chi connectivity index (χ0n) is 19.5. The third-order valence-electron chi connectivity index (χ3n) is 8.03. The first-order chi connectivity index (χ1) is 14.8. The second kappa shape index (κ2) is 7.52. The predicted molar refractivity (Wildman–Crippen MR) is 119 cm³/mol. The predicted octanol–water partition coefficient (Wildman–Crippen LogP) is 4.27. The summed E-state index contributed by atoms with van der Waals surface area (Å²) >= 11 is 0. The van der Waals surface area contributed by atoms with Crippen molar-refractivity contribution in [2.45, 2.75) is 58.3 Å². The van der Waals surface area contributed by atoms with Gasteiger partial charge in [0.2, 0.25) is 0 Å². The maximum Gasteiger partial charge on any atom is 0.167 e. The minimum atomic E-state index is -0.288. The molecule has 0 N–H and O–H groups in total. The van der Waals surface area contributed by atoms with Crippen LogP contribution in [0.1, 0.15) is 56.0 Å². The number of likely N-dealkylation sites (tertiary alicyclic amines) is 1. The zero-order valence-corrected chi connectivity index (χ0v) is 19.5. The molecule has 168 valence electrons. The van der Waals surface area contributed by atoms with Crippen molar-refractivity contribution in [1.82, 2.24) is 14.7 Å². The van der Waals surface area contributed by atoms with Crippen LogP contribution < -0.4 is 9.47 Å². The van der Waals surface area contributed by atoms with Crippen LogP contribution in [0.25, 0.3) is 0 Å². The number of hydrogen-bond donors (Lipinski definition) is 0. The van der Waals surface area contributed by atoms with Crippen LogP contribution in [0.3, 0.4) is 0 Å². The number of nitrogens with zero attached hydrogens (tertiary/aromatic N) is 3. The maximum atomic E-state index is 6.65. The summed E-state index contributed by atoms with van der Waals surface area (Å²) in [5, 5.41) is 4.40. The van der Waals surface area contributed by atoms with E-state index in [4.69, 9.17) is 14.2 Å². The molecule has 31 heavy (non-hydrogen) atoms. The van der Waals surface area contributed by atoms with E-state index < -0.39 is 0 Å². The first-order valence-corrected chi connectivity index (χ1v) is 11.5. The maximum absolute atomic E-state index is 6.65. The van der Waals surface area contributed by atoms with Gasteiger partial charge < -0.3 is 14.2 Å². The second-order valence-corrected chi connectivity index (χ2v) is 10.3. The smallest absolute Gasteiger partial charge is 0.167 e. The number of benzene rings is 1. The van der Waals surface area contributed by atoms with Gasteiger partial charge in [-0.2, -0.15) is 5.10 Å². The molecule has 6 heteroatoms. The molecule has 3 aliphatic heterocycles. The standard InChI is InChI=1S/C25H35N3O3/c1-17-18(14-26-27(17)4)15-28-11-9-25(10-12-28)13-20-22(30-16-25)19-7-6-8-21(29-5)23(19)31-24(20,2)3/h6-8,14,20,22H,9-13,15-16H2,1-5H3/t20-,22+/m0/s1. The lowest BCUT2D eigenvalue weighted by Gasteiger charge is -2.54. The topological polar surface area (TPSA) is 48.8 Å². The van der Waals surface area contributed by atoms with E-state index in [1.165, 1.54) is 24.1 Å². The van der Waals surface area contributed by atoms with Crippen molar-refractivity contribution in [1.29, 1.82) is 0 Å². The van der Waals surface area contributed by atoms with E-state index in [0.717, 1.165) is 49.7 Å². The van der Waals surface area contributed by atoms with Gasteiger partial charge in [0.1, 0.15) is 5.60 Å². The molecule has 5 rings (SSSR count). The van der Waals surface area contributed by atoms with Crippen molar-refractivity contribution >= 4 is 0 Å². The van der Waals surface area contributed by atoms with Crippen LogP contribution in [0.4, 0.5) is 0 Å². The van der Waals surface area contributed by atoms with E-state index in [2.05, 4.69) is 36.8 Å². The molecule has 1 spiro atoms. The fraction of sp³-hybridized carbons (Fsp3) is 0.640. The summed E-state index contributed by atoms with van der Waals surface area (Å²) in [7, 11) is 3.72. The molecule has 0 aliphatic carbocycles. The van der Waals surface area contributed by atoms with Crippen LogP contribution in [0.15, 0.2) is 24.4 Å². The van der Waals surface area contributed by atoms with E-state index in [0.29, 0.717) is 5.92 Å². The van der Waals surface area contributed by atoms with Gasteiger partial charge in [0.05, 0.1) is 26.0 Å². The highest BCUT2D eigenvalue weighted by Crippen LogP contribution is 2.57. The van der Waals surface area contributed by atoms with Crippen molar-refractivity contribution in [3.05, 3.63) is 41.2 Å². The van der Waals surface area contributed by atoms with E-state index >= 15 is 0 Å². The van der Waals surface area contributed by atoms with E-state index in [1.807, 2.05) is 30.1 Å². The molecule has 0 amide bonds. The highest BCUT2D eigenvalue weighted by molar-refractivity contribution is 5.50. The summed E-state index contributed by atoms with van der Waals surface area (Å²) in [5.41, 5.74) is 3.70. The van der Waals surface area contributed by atoms with Crippen molar-refractivity contribution in [3.63, 3.8) is 0 Å². The van der Waals surface area contributed by atoms with Gasteiger partial charge in [0, 0.05) is 36.3 Å². The summed E-state index contributed by atoms with van der Waals surface area (Å²) in [4.78, 5) is 2.57. The van der Waals surface area contributed by atoms with Crippen LogP contribution in [-0.4, -0.2) is 47.1 Å². The normalized spacial score (nSPS) is 26.7. The Hall–Kier alpha value is -2.05. The van der Waals surface area contributed by atoms with Crippen LogP contribution in [0.2, 0.25) is 0 Å². The molecule has 2 saturated heterocycles. The van der Waals surface area contributed by atoms with Gasteiger partial charge >= 0.3 is 0 Å². The van der Waals surface area contributed by atoms with Gasteiger partial charge in [-0.1, -0.05) is 12.1 Å². The van der Waals surface area contributed by atoms with Gasteiger partial charge in [-0.15, -0.1) is 0 Å². The van der Waals surface area contributed by atoms with Gasteiger partial charge in [0.25, 0.3) is 0 Å². The SMILES string of the molecule is COc1cccc2c1OC(C)(C)[C@H]1CC3(CCN(Cc4cnn(C)c4C)CC3)CO[C@H]21. The Bertz CT molecular complexity index is 959. The monoisotopic (exact) mass is 425 g/mol. The first kappa shape index (κ1) is 20.8. The molecule has 6 nitrogen and oxygen atoms in total. The molecule has 3 aliphatic rings. The fourth-order valence-electron chi connectivity index (χ4n) is 5.77. The minimum Gasteiger partial charge on any atom is -0.493 e. The van der Waals surface area contributed by atoms with Crippen molar-refractivity contribution in [2.24, 2.45) is 18.4 Å². The van der Waals surface area contributed by atoms with Crippen molar-refractivity contribution in [2.75, 3.05) is 26.8 Å². The molecule has 4 heterocycles. The van der Waals surface area contributed by atoms with E-state index in [1.54, 1.807) is 7.11 Å². The molecule has 0 bridgehead atoms. The second-order valence-electron chi connectivity index (χ2n) is 10.3. The number of methoxy groups -OCH3 is 1. The molecular formula is C25H35N3O3. The number of ether oxygens (including phenoxy) is 3. The molecule has 2 aromatic rings. The number of aryl methyl sites for hydroxylation is 1. The number of rotatable bonds is 3. The Balaban J connectivity index is 1.31. The summed E-state index contributed by atoms with van der Waals surface area (Å²) < 4.78 is 20.7. The van der Waals surface area contributed by atoms with Crippen LogP contribution in [-0.2, 0) is 18.3 Å². The summed E-state index contributed by atoms with van der Waals surface area (Å²) in [6.45, 7) is 10.6. The Morgan fingerprint density at radius 3 is 2.68 bits per heavy atom. The molecule has 1 aromatic heterocycles. The number of fused-ring (bicyclic) bond motifs is 3. The fourth-order valence-corrected chi connectivity index (χ4v) is 5.77. The molecule has 0 radical (unpaired) electrons. The molecule has 2 atom stereocenters. The van der Waals surface area contributed by atoms with Gasteiger partial charge in [-0.05, 0) is 64.6 Å². The van der Waals surface area contributed by atoms with Crippen molar-refractivity contribution < 1.29 is 14.2 Å². The van der Waals surface area contributed by atoms with Crippen LogP contribution >= 0.6 is 0 Å². The Morgan fingerprint density at radius 1 is 1.23 bits per heavy atom. The lowest BCUT2D eigenvalue weighted by atomic mass is 9.64. The summed E-state index contributed by atoms with van der Waals surface area (Å²) in [6, 6.07) is 6.16. The highest BCUT2D eigenvalue weighted by atomic mass is 16.5. The van der Waals surface area contributed by atoms with E-state index in [-0.39, 0.29) is 17.1 Å². The third-order valence-corrected chi connectivity index (χ3v) is 8.03. The quantitative estimate of drug-likeness (QED) is 0.735. The summed E-state index contributed by atoms with van der Waals surface area (Å²) in [6.07, 6.45) is 5.60. The Morgan fingerprint density at radius 2 is 2.00 bits per heavy atom. The molecule has 1 aromatic carbocycles. The molecule has 0 saturated carbocycles. The average Bonchev–Trinajstić information content (AvgIpc) is 3.07. The van der Waals surface area contributed by atoms with Gasteiger partial charge in [-0.25, -0.2) is 0 Å². The summed E-state index contributed by atoms with van der Waals surface area (Å²) in [5.74, 6) is 1.99. The number of hydrogen-bond acceptors (Lipinski definition) is 5. The van der Waals surface area contributed by atoms with Gasteiger partial charge in [-0.3, -0.25) is 9.58 Å². The third kappa shape index (κ3) is 3.54. The molecular weight excluding hydrogens is 390 g/mol. The Labute approximate surface area is 185 Å². The molecule has 0 unspecified atom stereocenters. The lowest BCUT2D eigenvalue weighted by molar-refractivity contribution is -0.174. The Kier molecular flexibility index (Phi) is 5.05. The minimum absolute atomic E-state index is 0.0792. The first-order valence-electron chi connectivity index (χ1n) is 11.5. The van der Waals surface area contributed by atoms with E-state index in [9.17, 15) is 0 Å². The van der Waals surface area contributed by atoms with Crippen molar-refractivity contribution in [3.8, 4) is 11.5 Å². The van der Waals surface area contributed by atoms with Crippen LogP contribution in [0.5, 0.6) is 11.5 Å². The zero-order chi connectivity index (χ0) is 21.8. The van der Waals surface area contributed by atoms with Crippen LogP contribution in [0, 0.1) is 18.3 Å². The van der Waals surface area contributed by atoms with Gasteiger partial charge in [0.15, 0.2) is 11.5 Å². The highest BCUT2D eigenvalue weighted by Gasteiger charge is 2.53. The largest absolute Gasteiger partial charge is 0.493 e. The molecule has 2 fully saturated rings. The average molecular weight is 426 g/mol.